The Morgan fingerprint density at radius 2 is 1.79 bits per heavy atom. The van der Waals surface area contributed by atoms with Crippen molar-refractivity contribution in [1.82, 2.24) is 14.5 Å². The molecular weight excluding hydrogens is 384 g/mol. The van der Waals surface area contributed by atoms with Crippen LogP contribution >= 0.6 is 0 Å². The van der Waals surface area contributed by atoms with Crippen molar-refractivity contribution in [2.45, 2.75) is 43.5 Å². The lowest BCUT2D eigenvalue weighted by Crippen LogP contribution is -2.55. The van der Waals surface area contributed by atoms with Crippen LogP contribution in [0, 0.1) is 0 Å². The highest BCUT2D eigenvalue weighted by Crippen LogP contribution is 2.32. The second kappa shape index (κ2) is 7.51. The molecule has 0 radical (unpaired) electrons. The van der Waals surface area contributed by atoms with E-state index in [1.807, 2.05) is 6.92 Å². The number of urea groups is 1. The Bertz CT molecular complexity index is 889. The number of nitrogens with zero attached hydrogens (tertiary/aromatic N) is 2. The summed E-state index contributed by atoms with van der Waals surface area (Å²) in [5.41, 5.74) is -0.493. The molecular formula is C18H24N4O5S. The zero-order chi connectivity index (χ0) is 20.5. The molecule has 2 fully saturated rings. The fourth-order valence-electron chi connectivity index (χ4n) is 3.61. The van der Waals surface area contributed by atoms with Crippen molar-refractivity contribution < 1.29 is 22.8 Å². The number of sulfonamides is 1. The van der Waals surface area contributed by atoms with Crippen LogP contribution in [-0.2, 0) is 19.6 Å². The molecule has 1 spiro atoms. The van der Waals surface area contributed by atoms with Crippen molar-refractivity contribution in [3.05, 3.63) is 24.3 Å². The summed E-state index contributed by atoms with van der Waals surface area (Å²) in [6.07, 6.45) is 1.15. The molecule has 0 unspecified atom stereocenters. The number of piperidine rings is 1. The first-order valence-corrected chi connectivity index (χ1v) is 10.7. The van der Waals surface area contributed by atoms with Crippen LogP contribution in [0.4, 0.5) is 10.5 Å². The molecule has 9 nitrogen and oxygen atoms in total. The monoisotopic (exact) mass is 408 g/mol. The van der Waals surface area contributed by atoms with Crippen LogP contribution in [0.2, 0.25) is 0 Å². The van der Waals surface area contributed by atoms with Crippen LogP contribution in [0.15, 0.2) is 29.2 Å². The highest BCUT2D eigenvalue weighted by Gasteiger charge is 2.53. The molecule has 10 heteroatoms. The second-order valence-corrected chi connectivity index (χ2v) is 9.02. The maximum Gasteiger partial charge on any atom is 0.325 e. The SMILES string of the molecule is CCCN1C(=O)NC2(CCN(S(=O)(=O)c3ccc(NC(C)=O)cc3)CC2)C1=O. The number of anilines is 1. The van der Waals surface area contributed by atoms with Crippen molar-refractivity contribution in [1.29, 1.82) is 0 Å². The average molecular weight is 408 g/mol. The number of amides is 4. The third-order valence-corrected chi connectivity index (χ3v) is 6.99. The predicted molar refractivity (Wildman–Crippen MR) is 102 cm³/mol. The van der Waals surface area contributed by atoms with Gasteiger partial charge in [-0.2, -0.15) is 4.31 Å². The summed E-state index contributed by atoms with van der Waals surface area (Å²) in [5.74, 6) is -0.506. The van der Waals surface area contributed by atoms with Crippen LogP contribution < -0.4 is 10.6 Å². The third-order valence-electron chi connectivity index (χ3n) is 5.08. The number of hydrogen-bond acceptors (Lipinski definition) is 5. The van der Waals surface area contributed by atoms with E-state index >= 15 is 0 Å². The molecule has 4 amide bonds. The summed E-state index contributed by atoms with van der Waals surface area (Å²) in [4.78, 5) is 37.2. The van der Waals surface area contributed by atoms with Crippen LogP contribution in [0.5, 0.6) is 0 Å². The van der Waals surface area contributed by atoms with Crippen molar-refractivity contribution in [2.75, 3.05) is 25.0 Å². The van der Waals surface area contributed by atoms with Crippen molar-refractivity contribution >= 4 is 33.6 Å². The first kappa shape index (κ1) is 20.3. The molecule has 28 heavy (non-hydrogen) atoms. The zero-order valence-electron chi connectivity index (χ0n) is 15.9. The zero-order valence-corrected chi connectivity index (χ0v) is 16.7. The molecule has 2 aliphatic heterocycles. The minimum absolute atomic E-state index is 0.118. The quantitative estimate of drug-likeness (QED) is 0.709. The Hall–Kier alpha value is -2.46. The van der Waals surface area contributed by atoms with E-state index in [0.717, 1.165) is 0 Å². The van der Waals surface area contributed by atoms with E-state index in [2.05, 4.69) is 10.6 Å². The highest BCUT2D eigenvalue weighted by molar-refractivity contribution is 7.89. The summed E-state index contributed by atoms with van der Waals surface area (Å²) < 4.78 is 27.1. The summed E-state index contributed by atoms with van der Waals surface area (Å²) >= 11 is 0. The van der Waals surface area contributed by atoms with Gasteiger partial charge in [0.15, 0.2) is 0 Å². The van der Waals surface area contributed by atoms with Gasteiger partial charge in [-0.05, 0) is 43.5 Å². The van der Waals surface area contributed by atoms with Gasteiger partial charge in [-0.1, -0.05) is 6.92 Å². The molecule has 0 atom stereocenters. The van der Waals surface area contributed by atoms with E-state index in [4.69, 9.17) is 0 Å². The Labute approximate surface area is 164 Å². The Balaban J connectivity index is 1.71. The van der Waals surface area contributed by atoms with Gasteiger partial charge in [-0.15, -0.1) is 0 Å². The lowest BCUT2D eigenvalue weighted by Gasteiger charge is -2.36. The van der Waals surface area contributed by atoms with E-state index < -0.39 is 21.6 Å². The van der Waals surface area contributed by atoms with Crippen molar-refractivity contribution in [3.8, 4) is 0 Å². The molecule has 2 saturated heterocycles. The molecule has 0 aliphatic carbocycles. The number of benzene rings is 1. The van der Waals surface area contributed by atoms with Crippen LogP contribution in [0.3, 0.4) is 0 Å². The van der Waals surface area contributed by atoms with E-state index in [0.29, 0.717) is 18.7 Å². The molecule has 2 aliphatic rings. The van der Waals surface area contributed by atoms with E-state index in [-0.39, 0.29) is 42.6 Å². The van der Waals surface area contributed by atoms with Crippen molar-refractivity contribution in [3.63, 3.8) is 0 Å². The van der Waals surface area contributed by atoms with Gasteiger partial charge in [0.25, 0.3) is 5.91 Å². The number of hydrogen-bond donors (Lipinski definition) is 2. The molecule has 2 N–H and O–H groups in total. The van der Waals surface area contributed by atoms with E-state index in [9.17, 15) is 22.8 Å². The number of rotatable bonds is 5. The van der Waals surface area contributed by atoms with Gasteiger partial charge < -0.3 is 10.6 Å². The normalized spacial score (nSPS) is 19.7. The van der Waals surface area contributed by atoms with Gasteiger partial charge in [0.05, 0.1) is 4.90 Å². The van der Waals surface area contributed by atoms with Gasteiger partial charge in [0.1, 0.15) is 5.54 Å². The van der Waals surface area contributed by atoms with Gasteiger partial charge in [0, 0.05) is 32.2 Å². The minimum Gasteiger partial charge on any atom is -0.326 e. The van der Waals surface area contributed by atoms with Gasteiger partial charge in [0.2, 0.25) is 15.9 Å². The largest absolute Gasteiger partial charge is 0.326 e. The minimum atomic E-state index is -3.73. The highest BCUT2D eigenvalue weighted by atomic mass is 32.2. The van der Waals surface area contributed by atoms with Gasteiger partial charge in [-0.25, -0.2) is 13.2 Å². The molecule has 2 heterocycles. The van der Waals surface area contributed by atoms with Crippen LogP contribution in [-0.4, -0.2) is 60.6 Å². The summed E-state index contributed by atoms with van der Waals surface area (Å²) in [6, 6.07) is 5.54. The Morgan fingerprint density at radius 3 is 2.32 bits per heavy atom. The maximum absolute atomic E-state index is 12.9. The lowest BCUT2D eigenvalue weighted by molar-refractivity contribution is -0.132. The van der Waals surface area contributed by atoms with E-state index in [1.165, 1.54) is 40.4 Å². The predicted octanol–water partition coefficient (Wildman–Crippen LogP) is 1.13. The third kappa shape index (κ3) is 3.61. The lowest BCUT2D eigenvalue weighted by atomic mass is 9.88. The smallest absolute Gasteiger partial charge is 0.325 e. The van der Waals surface area contributed by atoms with Gasteiger partial charge >= 0.3 is 6.03 Å². The number of carbonyl (C=O) groups excluding carboxylic acids is 3. The van der Waals surface area contributed by atoms with Crippen LogP contribution in [0.25, 0.3) is 0 Å². The van der Waals surface area contributed by atoms with Gasteiger partial charge in [-0.3, -0.25) is 14.5 Å². The van der Waals surface area contributed by atoms with Crippen LogP contribution in [0.1, 0.15) is 33.1 Å². The molecule has 1 aromatic carbocycles. The molecule has 0 aromatic heterocycles. The summed E-state index contributed by atoms with van der Waals surface area (Å²) in [6.45, 7) is 3.90. The second-order valence-electron chi connectivity index (χ2n) is 7.08. The van der Waals surface area contributed by atoms with E-state index in [1.54, 1.807) is 0 Å². The topological polar surface area (TPSA) is 116 Å². The fourth-order valence-corrected chi connectivity index (χ4v) is 5.05. The molecule has 3 rings (SSSR count). The summed E-state index contributed by atoms with van der Waals surface area (Å²) in [7, 11) is -3.73. The maximum atomic E-state index is 12.9. The standard InChI is InChI=1S/C18H24N4O5S/c1-3-10-22-16(24)18(20-17(22)25)8-11-21(12-9-18)28(26,27)15-6-4-14(5-7-15)19-13(2)23/h4-7H,3,8-12H2,1-2H3,(H,19,23)(H,20,25). The fraction of sp³-hybridized carbons (Fsp3) is 0.500. The molecule has 1 aromatic rings. The first-order chi connectivity index (χ1) is 13.2. The molecule has 0 saturated carbocycles. The first-order valence-electron chi connectivity index (χ1n) is 9.21. The average Bonchev–Trinajstić information content (AvgIpc) is 2.86. The Morgan fingerprint density at radius 1 is 1.18 bits per heavy atom. The number of carbonyl (C=O) groups is 3. The molecule has 0 bridgehead atoms. The summed E-state index contributed by atoms with van der Waals surface area (Å²) in [5, 5.41) is 5.36. The molecule has 152 valence electrons. The Kier molecular flexibility index (Phi) is 5.44. The number of nitrogens with one attached hydrogen (secondary N) is 2. The number of imide groups is 1. The van der Waals surface area contributed by atoms with Crippen molar-refractivity contribution in [2.24, 2.45) is 0 Å².